The van der Waals surface area contributed by atoms with E-state index in [1.807, 2.05) is 0 Å². The number of anilines is 2. The highest BCUT2D eigenvalue weighted by Gasteiger charge is 2.23. The number of nitrogen functional groups attached to an aromatic ring is 1. The molecule has 0 radical (unpaired) electrons. The van der Waals surface area contributed by atoms with Crippen LogP contribution in [0.15, 0.2) is 6.33 Å². The Morgan fingerprint density at radius 1 is 1.39 bits per heavy atom. The first-order valence-electron chi connectivity index (χ1n) is 6.64. The first-order chi connectivity index (χ1) is 8.63. The summed E-state index contributed by atoms with van der Waals surface area (Å²) < 4.78 is 0. The molecule has 1 saturated heterocycles. The average Bonchev–Trinajstić information content (AvgIpc) is 2.38. The van der Waals surface area contributed by atoms with Crippen molar-refractivity contribution in [1.82, 2.24) is 14.9 Å². The summed E-state index contributed by atoms with van der Waals surface area (Å²) in [5.74, 6) is 1.61. The number of hydrogen-bond donors (Lipinski definition) is 1. The second-order valence-corrected chi connectivity index (χ2v) is 5.06. The SMILES string of the molecule is CCc1c(N)ncnc1N(C)C1CCN(C)CC1. The first-order valence-corrected chi connectivity index (χ1v) is 6.64. The standard InChI is InChI=1S/C13H23N5/c1-4-11-12(14)15-9-16-13(11)18(3)10-5-7-17(2)8-6-10/h9-10H,4-8H2,1-3H3,(H2,14,15,16). The van der Waals surface area contributed by atoms with E-state index in [-0.39, 0.29) is 0 Å². The third-order valence-corrected chi connectivity index (χ3v) is 3.88. The van der Waals surface area contributed by atoms with Crippen LogP contribution >= 0.6 is 0 Å². The van der Waals surface area contributed by atoms with Crippen LogP contribution in [0.1, 0.15) is 25.3 Å². The van der Waals surface area contributed by atoms with Gasteiger partial charge in [-0.2, -0.15) is 0 Å². The molecule has 0 aromatic carbocycles. The van der Waals surface area contributed by atoms with Crippen LogP contribution in [0.3, 0.4) is 0 Å². The van der Waals surface area contributed by atoms with Gasteiger partial charge < -0.3 is 15.5 Å². The van der Waals surface area contributed by atoms with Crippen LogP contribution in [0, 0.1) is 0 Å². The molecule has 18 heavy (non-hydrogen) atoms. The van der Waals surface area contributed by atoms with Gasteiger partial charge in [0.05, 0.1) is 0 Å². The van der Waals surface area contributed by atoms with Gasteiger partial charge in [-0.15, -0.1) is 0 Å². The largest absolute Gasteiger partial charge is 0.383 e. The highest BCUT2D eigenvalue weighted by Crippen LogP contribution is 2.25. The maximum Gasteiger partial charge on any atom is 0.137 e. The van der Waals surface area contributed by atoms with Crippen molar-refractivity contribution in [2.24, 2.45) is 0 Å². The van der Waals surface area contributed by atoms with Gasteiger partial charge in [0.25, 0.3) is 0 Å². The van der Waals surface area contributed by atoms with Gasteiger partial charge in [0.15, 0.2) is 0 Å². The third-order valence-electron chi connectivity index (χ3n) is 3.88. The molecule has 0 bridgehead atoms. The van der Waals surface area contributed by atoms with Gasteiger partial charge in [0, 0.05) is 18.7 Å². The van der Waals surface area contributed by atoms with Gasteiger partial charge in [-0.25, -0.2) is 9.97 Å². The van der Waals surface area contributed by atoms with E-state index in [0.717, 1.165) is 30.9 Å². The highest BCUT2D eigenvalue weighted by molar-refractivity contribution is 5.56. The van der Waals surface area contributed by atoms with E-state index in [1.54, 1.807) is 6.33 Å². The summed E-state index contributed by atoms with van der Waals surface area (Å²) >= 11 is 0. The van der Waals surface area contributed by atoms with Gasteiger partial charge in [0.2, 0.25) is 0 Å². The molecule has 5 heteroatoms. The van der Waals surface area contributed by atoms with Gasteiger partial charge in [-0.3, -0.25) is 0 Å². The normalized spacial score (nSPS) is 17.9. The molecule has 0 unspecified atom stereocenters. The zero-order valence-corrected chi connectivity index (χ0v) is 11.6. The minimum atomic E-state index is 0.556. The monoisotopic (exact) mass is 249 g/mol. The molecule has 1 aromatic heterocycles. The summed E-state index contributed by atoms with van der Waals surface area (Å²) in [5, 5.41) is 0. The number of piperidine rings is 1. The van der Waals surface area contributed by atoms with Crippen LogP contribution in [0.25, 0.3) is 0 Å². The minimum Gasteiger partial charge on any atom is -0.383 e. The molecule has 0 atom stereocenters. The van der Waals surface area contributed by atoms with Crippen LogP contribution < -0.4 is 10.6 Å². The van der Waals surface area contributed by atoms with E-state index in [4.69, 9.17) is 5.73 Å². The molecule has 1 aromatic rings. The van der Waals surface area contributed by atoms with Crippen LogP contribution in [-0.2, 0) is 6.42 Å². The Labute approximate surface area is 109 Å². The number of rotatable bonds is 3. The Balaban J connectivity index is 2.18. The number of nitrogens with zero attached hydrogens (tertiary/aromatic N) is 4. The Hall–Kier alpha value is -1.36. The van der Waals surface area contributed by atoms with Crippen molar-refractivity contribution in [2.45, 2.75) is 32.2 Å². The molecular formula is C13H23N5. The summed E-state index contributed by atoms with van der Waals surface area (Å²) in [6.45, 7) is 4.40. The van der Waals surface area contributed by atoms with Gasteiger partial charge in [0.1, 0.15) is 18.0 Å². The second kappa shape index (κ2) is 5.52. The van der Waals surface area contributed by atoms with E-state index in [0.29, 0.717) is 11.9 Å². The lowest BCUT2D eigenvalue weighted by Gasteiger charge is -2.36. The number of hydrogen-bond acceptors (Lipinski definition) is 5. The fraction of sp³-hybridized carbons (Fsp3) is 0.692. The van der Waals surface area contributed by atoms with Crippen molar-refractivity contribution in [3.05, 3.63) is 11.9 Å². The molecule has 1 aliphatic rings. The molecule has 2 heterocycles. The zero-order chi connectivity index (χ0) is 13.1. The molecule has 0 spiro atoms. The fourth-order valence-electron chi connectivity index (χ4n) is 2.61. The molecule has 0 saturated carbocycles. The van der Waals surface area contributed by atoms with Crippen molar-refractivity contribution in [2.75, 3.05) is 37.8 Å². The molecule has 0 amide bonds. The van der Waals surface area contributed by atoms with E-state index in [2.05, 4.69) is 40.8 Å². The molecule has 5 nitrogen and oxygen atoms in total. The van der Waals surface area contributed by atoms with Crippen LogP contribution in [0.5, 0.6) is 0 Å². The van der Waals surface area contributed by atoms with Gasteiger partial charge in [-0.1, -0.05) is 6.92 Å². The number of aromatic nitrogens is 2. The summed E-state index contributed by atoms with van der Waals surface area (Å²) in [6.07, 6.45) is 4.80. The summed E-state index contributed by atoms with van der Waals surface area (Å²) in [4.78, 5) is 13.2. The lowest BCUT2D eigenvalue weighted by molar-refractivity contribution is 0.252. The molecule has 100 valence electrons. The maximum atomic E-state index is 5.94. The highest BCUT2D eigenvalue weighted by atomic mass is 15.2. The van der Waals surface area contributed by atoms with E-state index in [1.165, 1.54) is 12.8 Å². The van der Waals surface area contributed by atoms with Crippen molar-refractivity contribution in [3.63, 3.8) is 0 Å². The average molecular weight is 249 g/mol. The molecule has 0 aliphatic carbocycles. The minimum absolute atomic E-state index is 0.556. The fourth-order valence-corrected chi connectivity index (χ4v) is 2.61. The summed E-state index contributed by atoms with van der Waals surface area (Å²) in [7, 11) is 4.30. The van der Waals surface area contributed by atoms with E-state index >= 15 is 0 Å². The predicted octanol–water partition coefficient (Wildman–Crippen LogP) is 1.15. The number of nitrogens with two attached hydrogens (primary N) is 1. The molecule has 2 N–H and O–H groups in total. The van der Waals surface area contributed by atoms with Crippen molar-refractivity contribution < 1.29 is 0 Å². The molecule has 1 fully saturated rings. The number of likely N-dealkylation sites (tertiary alicyclic amines) is 1. The van der Waals surface area contributed by atoms with E-state index < -0.39 is 0 Å². The third kappa shape index (κ3) is 2.56. The van der Waals surface area contributed by atoms with Crippen LogP contribution in [0.2, 0.25) is 0 Å². The van der Waals surface area contributed by atoms with E-state index in [9.17, 15) is 0 Å². The summed E-state index contributed by atoms with van der Waals surface area (Å²) in [6, 6.07) is 0.556. The Morgan fingerprint density at radius 3 is 2.67 bits per heavy atom. The quantitative estimate of drug-likeness (QED) is 0.871. The van der Waals surface area contributed by atoms with Gasteiger partial charge >= 0.3 is 0 Å². The zero-order valence-electron chi connectivity index (χ0n) is 11.6. The van der Waals surface area contributed by atoms with Gasteiger partial charge in [-0.05, 0) is 39.4 Å². The topological polar surface area (TPSA) is 58.3 Å². The second-order valence-electron chi connectivity index (χ2n) is 5.06. The lowest BCUT2D eigenvalue weighted by atomic mass is 10.0. The van der Waals surface area contributed by atoms with Crippen molar-refractivity contribution >= 4 is 11.6 Å². The maximum absolute atomic E-state index is 5.94. The first kappa shape index (κ1) is 13.1. The van der Waals surface area contributed by atoms with Crippen molar-refractivity contribution in [1.29, 1.82) is 0 Å². The lowest BCUT2D eigenvalue weighted by Crippen LogP contribution is -2.42. The Kier molecular flexibility index (Phi) is 4.01. The van der Waals surface area contributed by atoms with Crippen LogP contribution in [-0.4, -0.2) is 48.1 Å². The van der Waals surface area contributed by atoms with Crippen LogP contribution in [0.4, 0.5) is 11.6 Å². The molecule has 1 aliphatic heterocycles. The van der Waals surface area contributed by atoms with Crippen molar-refractivity contribution in [3.8, 4) is 0 Å². The molecular weight excluding hydrogens is 226 g/mol. The summed E-state index contributed by atoms with van der Waals surface area (Å²) in [5.41, 5.74) is 7.00. The molecule has 2 rings (SSSR count). The Morgan fingerprint density at radius 2 is 2.06 bits per heavy atom. The smallest absolute Gasteiger partial charge is 0.137 e. The Bertz CT molecular complexity index is 398. The predicted molar refractivity (Wildman–Crippen MR) is 74.7 cm³/mol.